The normalized spacial score (nSPS) is 13.7. The second-order valence-corrected chi connectivity index (χ2v) is 8.15. The highest BCUT2D eigenvalue weighted by molar-refractivity contribution is 7.17. The third-order valence-electron chi connectivity index (χ3n) is 4.99. The molecule has 3 amide bonds. The standard InChI is InChI=1S/C22H20F2N4O2S/c1-14-19(20(29)25-12-16-7-8-17(23)11-18(16)24)31-21(26-14)28-10-9-27(22(28)30)13-15-5-3-2-4-6-15/h2-8,11H,9-10,12-13H2,1H3,(H,25,29). The zero-order valence-corrected chi connectivity index (χ0v) is 17.6. The molecule has 0 aliphatic carbocycles. The van der Waals surface area contributed by atoms with Crippen molar-refractivity contribution in [2.24, 2.45) is 0 Å². The number of anilines is 1. The molecule has 1 fully saturated rings. The number of nitrogens with zero attached hydrogens (tertiary/aromatic N) is 3. The summed E-state index contributed by atoms with van der Waals surface area (Å²) >= 11 is 1.12. The van der Waals surface area contributed by atoms with Crippen molar-refractivity contribution < 1.29 is 18.4 Å². The lowest BCUT2D eigenvalue weighted by molar-refractivity contribution is 0.0954. The number of aromatic nitrogens is 1. The van der Waals surface area contributed by atoms with E-state index in [4.69, 9.17) is 0 Å². The molecular formula is C22H20F2N4O2S. The van der Waals surface area contributed by atoms with Crippen molar-refractivity contribution in [3.8, 4) is 0 Å². The number of nitrogens with one attached hydrogen (secondary N) is 1. The van der Waals surface area contributed by atoms with E-state index in [1.165, 1.54) is 6.07 Å². The molecule has 4 rings (SSSR count). The van der Waals surface area contributed by atoms with Crippen LogP contribution in [-0.4, -0.2) is 34.9 Å². The zero-order valence-electron chi connectivity index (χ0n) is 16.8. The summed E-state index contributed by atoms with van der Waals surface area (Å²) in [5, 5.41) is 3.08. The Bertz CT molecular complexity index is 1120. The number of hydrogen-bond acceptors (Lipinski definition) is 4. The van der Waals surface area contributed by atoms with E-state index in [0.717, 1.165) is 29.0 Å². The van der Waals surface area contributed by atoms with Gasteiger partial charge in [0.05, 0.1) is 5.69 Å². The van der Waals surface area contributed by atoms with E-state index >= 15 is 0 Å². The minimum Gasteiger partial charge on any atom is -0.347 e. The van der Waals surface area contributed by atoms with Crippen LogP contribution in [0.2, 0.25) is 0 Å². The van der Waals surface area contributed by atoms with Gasteiger partial charge in [-0.3, -0.25) is 9.69 Å². The van der Waals surface area contributed by atoms with Crippen molar-refractivity contribution in [2.45, 2.75) is 20.0 Å². The Kier molecular flexibility index (Phi) is 5.94. The van der Waals surface area contributed by atoms with Gasteiger partial charge in [0, 0.05) is 37.8 Å². The lowest BCUT2D eigenvalue weighted by Gasteiger charge is -2.16. The lowest BCUT2D eigenvalue weighted by atomic mass is 10.2. The van der Waals surface area contributed by atoms with E-state index in [1.54, 1.807) is 16.7 Å². The molecule has 3 aromatic rings. The molecule has 6 nitrogen and oxygen atoms in total. The van der Waals surface area contributed by atoms with Gasteiger partial charge >= 0.3 is 6.03 Å². The lowest BCUT2D eigenvalue weighted by Crippen LogP contribution is -2.31. The van der Waals surface area contributed by atoms with Crippen molar-refractivity contribution in [2.75, 3.05) is 18.0 Å². The van der Waals surface area contributed by atoms with Crippen molar-refractivity contribution in [3.63, 3.8) is 0 Å². The van der Waals surface area contributed by atoms with E-state index in [2.05, 4.69) is 10.3 Å². The van der Waals surface area contributed by atoms with E-state index in [0.29, 0.717) is 35.3 Å². The quantitative estimate of drug-likeness (QED) is 0.625. The van der Waals surface area contributed by atoms with E-state index in [1.807, 2.05) is 30.3 Å². The van der Waals surface area contributed by atoms with E-state index < -0.39 is 17.5 Å². The highest BCUT2D eigenvalue weighted by atomic mass is 32.1. The maximum atomic E-state index is 13.8. The van der Waals surface area contributed by atoms with Gasteiger partial charge in [-0.25, -0.2) is 18.6 Å². The van der Waals surface area contributed by atoms with Gasteiger partial charge in [0.15, 0.2) is 5.13 Å². The summed E-state index contributed by atoms with van der Waals surface area (Å²) < 4.78 is 26.8. The smallest absolute Gasteiger partial charge is 0.326 e. The predicted octanol–water partition coefficient (Wildman–Crippen LogP) is 4.10. The molecule has 1 aromatic heterocycles. The molecule has 160 valence electrons. The predicted molar refractivity (Wildman–Crippen MR) is 114 cm³/mol. The number of thiazole rings is 1. The third-order valence-corrected chi connectivity index (χ3v) is 6.17. The number of carbonyl (C=O) groups excluding carboxylic acids is 2. The molecule has 2 aromatic carbocycles. The minimum absolute atomic E-state index is 0.0783. The summed E-state index contributed by atoms with van der Waals surface area (Å²) in [6.07, 6.45) is 0. The molecule has 1 saturated heterocycles. The Balaban J connectivity index is 1.42. The highest BCUT2D eigenvalue weighted by Gasteiger charge is 2.32. The van der Waals surface area contributed by atoms with Gasteiger partial charge in [0.25, 0.3) is 5.91 Å². The topological polar surface area (TPSA) is 65.5 Å². The number of hydrogen-bond donors (Lipinski definition) is 1. The van der Waals surface area contributed by atoms with Crippen LogP contribution < -0.4 is 10.2 Å². The Morgan fingerprint density at radius 1 is 1.16 bits per heavy atom. The van der Waals surface area contributed by atoms with Crippen LogP contribution >= 0.6 is 11.3 Å². The molecule has 1 aliphatic heterocycles. The maximum absolute atomic E-state index is 13.8. The second-order valence-electron chi connectivity index (χ2n) is 7.17. The molecule has 31 heavy (non-hydrogen) atoms. The number of rotatable bonds is 6. The van der Waals surface area contributed by atoms with Crippen LogP contribution in [0.4, 0.5) is 18.7 Å². The van der Waals surface area contributed by atoms with Crippen molar-refractivity contribution in [1.82, 2.24) is 15.2 Å². The zero-order chi connectivity index (χ0) is 22.0. The van der Waals surface area contributed by atoms with Crippen molar-refractivity contribution in [1.29, 1.82) is 0 Å². The average Bonchev–Trinajstić information content (AvgIpc) is 3.30. The molecule has 0 bridgehead atoms. The van der Waals surface area contributed by atoms with Gasteiger partial charge in [-0.2, -0.15) is 0 Å². The fraction of sp³-hybridized carbons (Fsp3) is 0.227. The first-order chi connectivity index (χ1) is 14.9. The molecule has 0 radical (unpaired) electrons. The van der Waals surface area contributed by atoms with Gasteiger partial charge in [0.1, 0.15) is 16.5 Å². The van der Waals surface area contributed by atoms with Crippen LogP contribution in [0.25, 0.3) is 0 Å². The van der Waals surface area contributed by atoms with Gasteiger partial charge in [-0.05, 0) is 18.6 Å². The van der Waals surface area contributed by atoms with Crippen LogP contribution in [0.5, 0.6) is 0 Å². The Morgan fingerprint density at radius 2 is 1.94 bits per heavy atom. The summed E-state index contributed by atoms with van der Waals surface area (Å²) in [5.74, 6) is -1.81. The number of carbonyl (C=O) groups is 2. The van der Waals surface area contributed by atoms with E-state index in [-0.39, 0.29) is 18.1 Å². The van der Waals surface area contributed by atoms with Gasteiger partial charge in [0.2, 0.25) is 0 Å². The van der Waals surface area contributed by atoms with Crippen LogP contribution in [0.1, 0.15) is 26.5 Å². The fourth-order valence-corrected chi connectivity index (χ4v) is 4.34. The minimum atomic E-state index is -0.719. The number of halogens is 2. The first-order valence-electron chi connectivity index (χ1n) is 9.72. The first-order valence-corrected chi connectivity index (χ1v) is 10.5. The summed E-state index contributed by atoms with van der Waals surface area (Å²) in [6, 6.07) is 12.8. The molecule has 0 saturated carbocycles. The number of aryl methyl sites for hydroxylation is 1. The Labute approximate surface area is 182 Å². The molecule has 0 spiro atoms. The summed E-state index contributed by atoms with van der Waals surface area (Å²) in [7, 11) is 0. The SMILES string of the molecule is Cc1nc(N2CCN(Cc3ccccc3)C2=O)sc1C(=O)NCc1ccc(F)cc1F. The van der Waals surface area contributed by atoms with Crippen LogP contribution in [-0.2, 0) is 13.1 Å². The summed E-state index contributed by atoms with van der Waals surface area (Å²) in [6.45, 7) is 3.18. The molecule has 1 aliphatic rings. The Hall–Kier alpha value is -3.33. The number of urea groups is 1. The van der Waals surface area contributed by atoms with Gasteiger partial charge in [-0.1, -0.05) is 47.7 Å². The molecular weight excluding hydrogens is 422 g/mol. The molecule has 0 unspecified atom stereocenters. The average molecular weight is 442 g/mol. The first kappa shape index (κ1) is 20.9. The largest absolute Gasteiger partial charge is 0.347 e. The molecule has 2 heterocycles. The van der Waals surface area contributed by atoms with Crippen LogP contribution in [0.3, 0.4) is 0 Å². The Morgan fingerprint density at radius 3 is 2.68 bits per heavy atom. The number of amides is 3. The monoisotopic (exact) mass is 442 g/mol. The fourth-order valence-electron chi connectivity index (χ4n) is 3.34. The maximum Gasteiger partial charge on any atom is 0.326 e. The highest BCUT2D eigenvalue weighted by Crippen LogP contribution is 2.29. The second kappa shape index (κ2) is 8.81. The van der Waals surface area contributed by atoms with Crippen LogP contribution in [0, 0.1) is 18.6 Å². The van der Waals surface area contributed by atoms with Crippen molar-refractivity contribution in [3.05, 3.63) is 81.9 Å². The van der Waals surface area contributed by atoms with E-state index in [9.17, 15) is 18.4 Å². The third kappa shape index (κ3) is 4.56. The number of benzene rings is 2. The molecule has 9 heteroatoms. The van der Waals surface area contributed by atoms with Gasteiger partial charge < -0.3 is 10.2 Å². The van der Waals surface area contributed by atoms with Crippen LogP contribution in [0.15, 0.2) is 48.5 Å². The summed E-state index contributed by atoms with van der Waals surface area (Å²) in [5.41, 5.74) is 1.72. The molecule has 0 atom stereocenters. The van der Waals surface area contributed by atoms with Crippen molar-refractivity contribution >= 4 is 28.4 Å². The van der Waals surface area contributed by atoms with Gasteiger partial charge in [-0.15, -0.1) is 0 Å². The summed E-state index contributed by atoms with van der Waals surface area (Å²) in [4.78, 5) is 33.5. The molecule has 1 N–H and O–H groups in total.